The van der Waals surface area contributed by atoms with Gasteiger partial charge in [0.15, 0.2) is 5.90 Å². The van der Waals surface area contributed by atoms with Gasteiger partial charge in [-0.2, -0.15) is 0 Å². The van der Waals surface area contributed by atoms with Crippen LogP contribution in [-0.2, 0) is 13.9 Å². The molecule has 80 valence electrons. The molecule has 0 rings (SSSR count). The molecule has 0 aliphatic carbocycles. The van der Waals surface area contributed by atoms with Crippen molar-refractivity contribution in [3.05, 3.63) is 0 Å². The Kier molecular flexibility index (Phi) is 6.44. The van der Waals surface area contributed by atoms with E-state index in [0.717, 1.165) is 0 Å². The van der Waals surface area contributed by atoms with Gasteiger partial charge in [0.1, 0.15) is 0 Å². The van der Waals surface area contributed by atoms with Gasteiger partial charge in [-0.05, 0) is 0 Å². The van der Waals surface area contributed by atoms with Crippen LogP contribution < -0.4 is 5.73 Å². The first-order valence-electron chi connectivity index (χ1n) is 2.79. The average Bonchev–Trinajstić information content (AvgIpc) is 1.47. The average molecular weight is 235 g/mol. The molecular formula is C3H11NO7P2. The van der Waals surface area contributed by atoms with Crippen molar-refractivity contribution in [2.45, 2.75) is 6.92 Å². The summed E-state index contributed by atoms with van der Waals surface area (Å²) in [6, 6.07) is 0. The molecule has 8 nitrogen and oxygen atoms in total. The van der Waals surface area contributed by atoms with E-state index in [0.29, 0.717) is 0 Å². The first-order chi connectivity index (χ1) is 5.44. The number of carbonyl (C=O) groups is 1. The third-order valence-corrected chi connectivity index (χ3v) is 3.32. The molecule has 1 amide bonds. The summed E-state index contributed by atoms with van der Waals surface area (Å²) in [4.78, 5) is 41.1. The van der Waals surface area contributed by atoms with Crippen molar-refractivity contribution in [2.24, 2.45) is 5.73 Å². The summed E-state index contributed by atoms with van der Waals surface area (Å²) < 4.78 is 19.7. The summed E-state index contributed by atoms with van der Waals surface area (Å²) in [5.74, 6) is -1.71. The van der Waals surface area contributed by atoms with Gasteiger partial charge >= 0.3 is 15.2 Å². The van der Waals surface area contributed by atoms with Crippen molar-refractivity contribution in [3.63, 3.8) is 0 Å². The van der Waals surface area contributed by atoms with Crippen molar-refractivity contribution in [3.8, 4) is 0 Å². The van der Waals surface area contributed by atoms with Crippen LogP contribution in [0.1, 0.15) is 6.92 Å². The third kappa shape index (κ3) is 33.7. The minimum absolute atomic E-state index is 0.333. The Balaban J connectivity index is 0. The molecule has 0 saturated carbocycles. The fraction of sp³-hybridized carbons (Fsp3) is 0.667. The van der Waals surface area contributed by atoms with Gasteiger partial charge in [-0.1, -0.05) is 0 Å². The summed E-state index contributed by atoms with van der Waals surface area (Å²) in [6.45, 7) is 1.31. The number of primary amides is 1. The largest absolute Gasteiger partial charge is 0.370 e. The second-order valence-electron chi connectivity index (χ2n) is 2.08. The highest BCUT2D eigenvalue weighted by Crippen LogP contribution is 2.51. The van der Waals surface area contributed by atoms with Gasteiger partial charge < -0.3 is 25.3 Å². The quantitative estimate of drug-likeness (QED) is 0.375. The molecule has 0 bridgehead atoms. The van der Waals surface area contributed by atoms with Crippen LogP contribution in [0.2, 0.25) is 0 Å². The molecule has 0 aromatic heterocycles. The van der Waals surface area contributed by atoms with Crippen LogP contribution in [0, 0.1) is 0 Å². The summed E-state index contributed by atoms with van der Waals surface area (Å²) in [5.41, 5.74) is 4.47. The Hall–Kier alpha value is -0.230. The van der Waals surface area contributed by atoms with Gasteiger partial charge in [-0.15, -0.1) is 0 Å². The standard InChI is InChI=1S/C2H5NO.CH6O6P2/c1-2(3)4;2-8(3,4)1-9(5,6)7/h1H3,(H2,3,4);1H2,(H2,2,3,4)(H2,5,6,7). The van der Waals surface area contributed by atoms with E-state index in [1.54, 1.807) is 0 Å². The van der Waals surface area contributed by atoms with Crippen LogP contribution in [0.15, 0.2) is 0 Å². The lowest BCUT2D eigenvalue weighted by molar-refractivity contribution is -0.115. The number of carbonyl (C=O) groups excluding carboxylic acids is 1. The summed E-state index contributed by atoms with van der Waals surface area (Å²) in [7, 11) is -9.10. The lowest BCUT2D eigenvalue weighted by atomic mass is 10.8. The molecule has 0 saturated heterocycles. The van der Waals surface area contributed by atoms with Gasteiger partial charge in [0.05, 0.1) is 0 Å². The lowest BCUT2D eigenvalue weighted by Gasteiger charge is -2.03. The molecule has 10 heteroatoms. The van der Waals surface area contributed by atoms with E-state index in [9.17, 15) is 13.9 Å². The highest BCUT2D eigenvalue weighted by atomic mass is 31.2. The predicted molar refractivity (Wildman–Crippen MR) is 43.8 cm³/mol. The number of nitrogens with two attached hydrogens (primary N) is 1. The molecule has 0 aromatic rings. The Bertz CT molecular complexity index is 226. The molecule has 0 radical (unpaired) electrons. The molecule has 0 spiro atoms. The molecule has 0 fully saturated rings. The maximum atomic E-state index is 9.85. The van der Waals surface area contributed by atoms with E-state index in [-0.39, 0.29) is 5.91 Å². The maximum absolute atomic E-state index is 9.85. The van der Waals surface area contributed by atoms with Gasteiger partial charge in [-0.25, -0.2) is 0 Å². The highest BCUT2D eigenvalue weighted by molar-refractivity contribution is 7.69. The van der Waals surface area contributed by atoms with Gasteiger partial charge in [0, 0.05) is 6.92 Å². The number of hydrogen-bond donors (Lipinski definition) is 5. The second kappa shape index (κ2) is 5.49. The Morgan fingerprint density at radius 2 is 1.31 bits per heavy atom. The van der Waals surface area contributed by atoms with E-state index in [2.05, 4.69) is 5.73 Å². The smallest absolute Gasteiger partial charge is 0.337 e. The van der Waals surface area contributed by atoms with Crippen LogP contribution in [0.5, 0.6) is 0 Å². The van der Waals surface area contributed by atoms with Gasteiger partial charge in [0.2, 0.25) is 5.91 Å². The summed E-state index contributed by atoms with van der Waals surface area (Å²) in [5, 5.41) is 0. The zero-order valence-electron chi connectivity index (χ0n) is 6.69. The lowest BCUT2D eigenvalue weighted by Crippen LogP contribution is -2.01. The Morgan fingerprint density at radius 3 is 1.31 bits per heavy atom. The molecule has 0 unspecified atom stereocenters. The monoisotopic (exact) mass is 235 g/mol. The highest BCUT2D eigenvalue weighted by Gasteiger charge is 2.26. The summed E-state index contributed by atoms with van der Waals surface area (Å²) >= 11 is 0. The molecule has 0 aromatic carbocycles. The topological polar surface area (TPSA) is 158 Å². The minimum atomic E-state index is -4.55. The van der Waals surface area contributed by atoms with Gasteiger partial charge in [0.25, 0.3) is 0 Å². The Morgan fingerprint density at radius 1 is 1.15 bits per heavy atom. The fourth-order valence-corrected chi connectivity index (χ4v) is 2.16. The van der Waals surface area contributed by atoms with Crippen LogP contribution in [0.25, 0.3) is 0 Å². The van der Waals surface area contributed by atoms with Crippen molar-refractivity contribution >= 4 is 21.1 Å². The van der Waals surface area contributed by atoms with Crippen LogP contribution in [0.3, 0.4) is 0 Å². The first-order valence-corrected chi connectivity index (χ1v) is 6.39. The molecule has 13 heavy (non-hydrogen) atoms. The zero-order valence-corrected chi connectivity index (χ0v) is 8.48. The third-order valence-electron chi connectivity index (χ3n) is 0.368. The van der Waals surface area contributed by atoms with E-state index < -0.39 is 21.1 Å². The normalized spacial score (nSPS) is 11.5. The number of rotatable bonds is 2. The first kappa shape index (κ1) is 15.3. The van der Waals surface area contributed by atoms with Crippen molar-refractivity contribution < 1.29 is 33.5 Å². The summed E-state index contributed by atoms with van der Waals surface area (Å²) in [6.07, 6.45) is 0. The second-order valence-corrected chi connectivity index (χ2v) is 5.87. The van der Waals surface area contributed by atoms with Gasteiger partial charge in [-0.3, -0.25) is 13.9 Å². The molecular weight excluding hydrogens is 224 g/mol. The minimum Gasteiger partial charge on any atom is -0.370 e. The number of amides is 1. The van der Waals surface area contributed by atoms with Crippen molar-refractivity contribution in [2.75, 3.05) is 5.90 Å². The van der Waals surface area contributed by atoms with E-state index in [4.69, 9.17) is 19.6 Å². The molecule has 0 aliphatic heterocycles. The fourth-order valence-electron chi connectivity index (χ4n) is 0.240. The molecule has 0 heterocycles. The Labute approximate surface area is 74.1 Å². The maximum Gasteiger partial charge on any atom is 0.337 e. The van der Waals surface area contributed by atoms with E-state index >= 15 is 0 Å². The predicted octanol–water partition coefficient (Wildman–Crippen LogP) is -1.21. The van der Waals surface area contributed by atoms with Crippen LogP contribution >= 0.6 is 15.2 Å². The van der Waals surface area contributed by atoms with Crippen molar-refractivity contribution in [1.29, 1.82) is 0 Å². The number of hydrogen-bond acceptors (Lipinski definition) is 3. The van der Waals surface area contributed by atoms with E-state index in [1.165, 1.54) is 6.92 Å². The SMILES string of the molecule is CC(N)=O.O=P(O)(O)CP(=O)(O)O. The zero-order chi connectivity index (χ0) is 11.3. The molecule has 0 aliphatic rings. The van der Waals surface area contributed by atoms with Crippen LogP contribution in [0.4, 0.5) is 0 Å². The van der Waals surface area contributed by atoms with Crippen molar-refractivity contribution in [1.82, 2.24) is 0 Å². The van der Waals surface area contributed by atoms with Crippen LogP contribution in [-0.4, -0.2) is 31.4 Å². The molecule has 6 N–H and O–H groups in total. The van der Waals surface area contributed by atoms with E-state index in [1.807, 2.05) is 0 Å². The molecule has 0 atom stereocenters.